The highest BCUT2D eigenvalue weighted by Gasteiger charge is 2.16. The summed E-state index contributed by atoms with van der Waals surface area (Å²) in [6.45, 7) is 6.12. The zero-order valence-electron chi connectivity index (χ0n) is 12.6. The van der Waals surface area contributed by atoms with Crippen LogP contribution >= 0.6 is 11.8 Å². The molecule has 112 valence electrons. The van der Waals surface area contributed by atoms with Gasteiger partial charge in [0, 0.05) is 17.2 Å². The van der Waals surface area contributed by atoms with E-state index < -0.39 is 0 Å². The molecule has 0 unspecified atom stereocenters. The molecular formula is C17H26FNS. The molecule has 1 N–H and O–H groups in total. The third kappa shape index (κ3) is 5.10. The zero-order chi connectivity index (χ0) is 14.4. The molecule has 0 bridgehead atoms. The first-order valence-electron chi connectivity index (χ1n) is 7.77. The molecular weight excluding hydrogens is 269 g/mol. The molecule has 0 amide bonds. The Morgan fingerprint density at radius 1 is 1.30 bits per heavy atom. The number of benzene rings is 1. The molecule has 1 fully saturated rings. The van der Waals surface area contributed by atoms with Gasteiger partial charge >= 0.3 is 0 Å². The Morgan fingerprint density at radius 3 is 2.75 bits per heavy atom. The number of hydrogen-bond acceptors (Lipinski definition) is 2. The highest BCUT2D eigenvalue weighted by Crippen LogP contribution is 2.32. The standard InChI is InChI=1S/C17H26FNS/c1-13(2)10-19-11-15-9-16(18)7-8-17(15)20-12-14-5-3-4-6-14/h7-9,13-14,19H,3-6,10-12H2,1-2H3. The molecule has 1 aromatic carbocycles. The average Bonchev–Trinajstić information content (AvgIpc) is 2.90. The van der Waals surface area contributed by atoms with Crippen molar-refractivity contribution in [2.24, 2.45) is 11.8 Å². The first-order chi connectivity index (χ1) is 9.65. The highest BCUT2D eigenvalue weighted by atomic mass is 32.2. The van der Waals surface area contributed by atoms with Gasteiger partial charge in [0.25, 0.3) is 0 Å². The molecule has 0 saturated heterocycles. The van der Waals surface area contributed by atoms with Gasteiger partial charge in [-0.3, -0.25) is 0 Å². The number of hydrogen-bond donors (Lipinski definition) is 1. The zero-order valence-corrected chi connectivity index (χ0v) is 13.4. The molecule has 20 heavy (non-hydrogen) atoms. The molecule has 1 aliphatic carbocycles. The monoisotopic (exact) mass is 295 g/mol. The van der Waals surface area contributed by atoms with Crippen molar-refractivity contribution in [1.82, 2.24) is 5.32 Å². The van der Waals surface area contributed by atoms with E-state index in [0.717, 1.165) is 24.6 Å². The summed E-state index contributed by atoms with van der Waals surface area (Å²) >= 11 is 1.91. The fraction of sp³-hybridized carbons (Fsp3) is 0.647. The summed E-state index contributed by atoms with van der Waals surface area (Å²) < 4.78 is 13.4. The largest absolute Gasteiger partial charge is 0.312 e. The molecule has 1 saturated carbocycles. The van der Waals surface area contributed by atoms with Crippen LogP contribution in [0.2, 0.25) is 0 Å². The molecule has 3 heteroatoms. The van der Waals surface area contributed by atoms with E-state index >= 15 is 0 Å². The second-order valence-corrected chi connectivity index (χ2v) is 7.30. The van der Waals surface area contributed by atoms with Gasteiger partial charge in [0.15, 0.2) is 0 Å². The first-order valence-corrected chi connectivity index (χ1v) is 8.75. The molecule has 0 aromatic heterocycles. The maximum Gasteiger partial charge on any atom is 0.123 e. The summed E-state index contributed by atoms with van der Waals surface area (Å²) in [5.74, 6) is 2.54. The number of thioether (sulfide) groups is 1. The van der Waals surface area contributed by atoms with Crippen molar-refractivity contribution in [3.63, 3.8) is 0 Å². The third-order valence-corrected chi connectivity index (χ3v) is 5.19. The summed E-state index contributed by atoms with van der Waals surface area (Å²) in [6.07, 6.45) is 5.51. The summed E-state index contributed by atoms with van der Waals surface area (Å²) in [7, 11) is 0. The van der Waals surface area contributed by atoms with Crippen molar-refractivity contribution in [2.75, 3.05) is 12.3 Å². The molecule has 2 rings (SSSR count). The summed E-state index contributed by atoms with van der Waals surface area (Å²) in [6, 6.07) is 5.22. The Balaban J connectivity index is 1.91. The highest BCUT2D eigenvalue weighted by molar-refractivity contribution is 7.99. The molecule has 1 aromatic rings. The van der Waals surface area contributed by atoms with E-state index in [1.165, 1.54) is 36.3 Å². The smallest absolute Gasteiger partial charge is 0.123 e. The first kappa shape index (κ1) is 15.8. The van der Waals surface area contributed by atoms with Crippen LogP contribution in [0.25, 0.3) is 0 Å². The molecule has 0 radical (unpaired) electrons. The predicted molar refractivity (Wildman–Crippen MR) is 85.6 cm³/mol. The van der Waals surface area contributed by atoms with Crippen molar-refractivity contribution >= 4 is 11.8 Å². The minimum Gasteiger partial charge on any atom is -0.312 e. The molecule has 0 spiro atoms. The molecule has 1 aliphatic rings. The van der Waals surface area contributed by atoms with Crippen molar-refractivity contribution in [1.29, 1.82) is 0 Å². The maximum absolute atomic E-state index is 13.4. The molecule has 0 atom stereocenters. The van der Waals surface area contributed by atoms with Crippen LogP contribution in [0.15, 0.2) is 23.1 Å². The van der Waals surface area contributed by atoms with Crippen LogP contribution in [0.5, 0.6) is 0 Å². The number of nitrogens with one attached hydrogen (secondary N) is 1. The van der Waals surface area contributed by atoms with Gasteiger partial charge in [-0.1, -0.05) is 26.7 Å². The quantitative estimate of drug-likeness (QED) is 0.721. The number of halogens is 1. The minimum absolute atomic E-state index is 0.128. The Bertz CT molecular complexity index is 413. The normalized spacial score (nSPS) is 16.2. The number of rotatable bonds is 7. The van der Waals surface area contributed by atoms with E-state index in [-0.39, 0.29) is 5.82 Å². The van der Waals surface area contributed by atoms with E-state index in [4.69, 9.17) is 0 Å². The Morgan fingerprint density at radius 2 is 2.05 bits per heavy atom. The maximum atomic E-state index is 13.4. The summed E-state index contributed by atoms with van der Waals surface area (Å²) in [4.78, 5) is 1.24. The Labute approximate surface area is 126 Å². The van der Waals surface area contributed by atoms with Gasteiger partial charge in [-0.15, -0.1) is 11.8 Å². The van der Waals surface area contributed by atoms with Gasteiger partial charge in [-0.25, -0.2) is 4.39 Å². The van der Waals surface area contributed by atoms with E-state index in [1.807, 2.05) is 17.8 Å². The van der Waals surface area contributed by atoms with Gasteiger partial charge in [0.05, 0.1) is 0 Å². The topological polar surface area (TPSA) is 12.0 Å². The van der Waals surface area contributed by atoms with E-state index in [2.05, 4.69) is 19.2 Å². The Kier molecular flexibility index (Phi) is 6.37. The lowest BCUT2D eigenvalue weighted by Gasteiger charge is -2.14. The molecule has 0 aliphatic heterocycles. The van der Waals surface area contributed by atoms with Crippen LogP contribution < -0.4 is 5.32 Å². The van der Waals surface area contributed by atoms with Gasteiger partial charge in [-0.2, -0.15) is 0 Å². The third-order valence-electron chi connectivity index (χ3n) is 3.84. The van der Waals surface area contributed by atoms with Crippen LogP contribution in [-0.4, -0.2) is 12.3 Å². The SMILES string of the molecule is CC(C)CNCc1cc(F)ccc1SCC1CCCC1. The van der Waals surface area contributed by atoms with Gasteiger partial charge < -0.3 is 5.32 Å². The van der Waals surface area contributed by atoms with Crippen LogP contribution in [0, 0.1) is 17.7 Å². The minimum atomic E-state index is -0.128. The Hall–Kier alpha value is -0.540. The van der Waals surface area contributed by atoms with E-state index in [0.29, 0.717) is 5.92 Å². The summed E-state index contributed by atoms with van der Waals surface area (Å²) in [5.41, 5.74) is 1.11. The lowest BCUT2D eigenvalue weighted by molar-refractivity contribution is 0.547. The van der Waals surface area contributed by atoms with Crippen LogP contribution in [-0.2, 0) is 6.54 Å². The van der Waals surface area contributed by atoms with Crippen LogP contribution in [0.1, 0.15) is 45.1 Å². The van der Waals surface area contributed by atoms with Crippen LogP contribution in [0.4, 0.5) is 4.39 Å². The van der Waals surface area contributed by atoms with E-state index in [1.54, 1.807) is 12.1 Å². The molecule has 1 nitrogen and oxygen atoms in total. The van der Waals surface area contributed by atoms with Crippen molar-refractivity contribution in [2.45, 2.75) is 51.0 Å². The average molecular weight is 295 g/mol. The van der Waals surface area contributed by atoms with Gasteiger partial charge in [-0.05, 0) is 55.0 Å². The van der Waals surface area contributed by atoms with Crippen molar-refractivity contribution < 1.29 is 4.39 Å². The fourth-order valence-corrected chi connectivity index (χ4v) is 3.94. The summed E-state index contributed by atoms with van der Waals surface area (Å²) in [5, 5.41) is 3.42. The van der Waals surface area contributed by atoms with Gasteiger partial charge in [0.2, 0.25) is 0 Å². The van der Waals surface area contributed by atoms with Crippen molar-refractivity contribution in [3.8, 4) is 0 Å². The lowest BCUT2D eigenvalue weighted by Crippen LogP contribution is -2.19. The second kappa shape index (κ2) is 8.04. The van der Waals surface area contributed by atoms with Gasteiger partial charge in [0.1, 0.15) is 5.82 Å². The van der Waals surface area contributed by atoms with Crippen molar-refractivity contribution in [3.05, 3.63) is 29.6 Å². The van der Waals surface area contributed by atoms with E-state index in [9.17, 15) is 4.39 Å². The molecule has 0 heterocycles. The lowest BCUT2D eigenvalue weighted by atomic mass is 10.1. The predicted octanol–water partition coefficient (Wildman–Crippen LogP) is 4.85. The second-order valence-electron chi connectivity index (χ2n) is 6.24. The fourth-order valence-electron chi connectivity index (χ4n) is 2.71. The van der Waals surface area contributed by atoms with Crippen LogP contribution in [0.3, 0.4) is 0 Å².